The van der Waals surface area contributed by atoms with Crippen LogP contribution in [0.25, 0.3) is 0 Å². The minimum Gasteiger partial charge on any atom is -0.376 e. The number of hydrogen-bond acceptors (Lipinski definition) is 2. The first-order valence-electron chi connectivity index (χ1n) is 5.93. The number of hydrogen-bond donors (Lipinski definition) is 0. The highest BCUT2D eigenvalue weighted by Gasteiger charge is 2.04. The van der Waals surface area contributed by atoms with Crippen LogP contribution in [0.4, 0.5) is 0 Å². The summed E-state index contributed by atoms with van der Waals surface area (Å²) in [7, 11) is 0. The quantitative estimate of drug-likeness (QED) is 0.760. The number of ether oxygens (including phenoxy) is 1. The van der Waals surface area contributed by atoms with Gasteiger partial charge in [-0.15, -0.1) is 0 Å². The SMILES string of the molecule is CCCC(C)COCc1ccc(C#N)cc1Cl. The Morgan fingerprint density at radius 3 is 2.82 bits per heavy atom. The van der Waals surface area contributed by atoms with Gasteiger partial charge in [0.15, 0.2) is 0 Å². The predicted molar refractivity (Wildman–Crippen MR) is 69.9 cm³/mol. The van der Waals surface area contributed by atoms with Crippen molar-refractivity contribution in [3.05, 3.63) is 34.3 Å². The second kappa shape index (κ2) is 7.32. The minimum absolute atomic E-state index is 0.512. The molecule has 0 amide bonds. The third kappa shape index (κ3) is 4.77. The Kier molecular flexibility index (Phi) is 6.04. The lowest BCUT2D eigenvalue weighted by Gasteiger charge is -2.11. The van der Waals surface area contributed by atoms with Crippen LogP contribution in [0.5, 0.6) is 0 Å². The van der Waals surface area contributed by atoms with Crippen LogP contribution in [-0.2, 0) is 11.3 Å². The second-order valence-electron chi connectivity index (χ2n) is 4.33. The van der Waals surface area contributed by atoms with Crippen molar-refractivity contribution < 1.29 is 4.74 Å². The molecule has 0 saturated carbocycles. The van der Waals surface area contributed by atoms with Gasteiger partial charge in [-0.25, -0.2) is 0 Å². The molecule has 0 aliphatic rings. The lowest BCUT2D eigenvalue weighted by molar-refractivity contribution is 0.0894. The standard InChI is InChI=1S/C14H18ClNO/c1-3-4-11(2)9-17-10-13-6-5-12(8-16)7-14(13)15/h5-7,11H,3-4,9-10H2,1-2H3. The second-order valence-corrected chi connectivity index (χ2v) is 4.73. The van der Waals surface area contributed by atoms with Crippen LogP contribution in [0.3, 0.4) is 0 Å². The smallest absolute Gasteiger partial charge is 0.0992 e. The molecule has 0 aliphatic carbocycles. The molecule has 17 heavy (non-hydrogen) atoms. The largest absolute Gasteiger partial charge is 0.376 e. The highest BCUT2D eigenvalue weighted by Crippen LogP contribution is 2.19. The van der Waals surface area contributed by atoms with E-state index in [1.807, 2.05) is 6.07 Å². The van der Waals surface area contributed by atoms with Crippen molar-refractivity contribution in [3.63, 3.8) is 0 Å². The van der Waals surface area contributed by atoms with Gasteiger partial charge in [0.2, 0.25) is 0 Å². The molecule has 2 nitrogen and oxygen atoms in total. The zero-order valence-electron chi connectivity index (χ0n) is 10.4. The lowest BCUT2D eigenvalue weighted by Crippen LogP contribution is -2.05. The Balaban J connectivity index is 2.45. The Bertz CT molecular complexity index is 398. The zero-order chi connectivity index (χ0) is 12.7. The van der Waals surface area contributed by atoms with E-state index in [0.717, 1.165) is 12.2 Å². The van der Waals surface area contributed by atoms with Gasteiger partial charge >= 0.3 is 0 Å². The Hall–Kier alpha value is -1.04. The summed E-state index contributed by atoms with van der Waals surface area (Å²) in [6.07, 6.45) is 2.36. The van der Waals surface area contributed by atoms with Crippen LogP contribution in [0.2, 0.25) is 5.02 Å². The summed E-state index contributed by atoms with van der Waals surface area (Å²) in [6.45, 7) is 5.63. The topological polar surface area (TPSA) is 33.0 Å². The van der Waals surface area contributed by atoms with Gasteiger partial charge in [0.05, 0.1) is 18.2 Å². The molecule has 0 bridgehead atoms. The lowest BCUT2D eigenvalue weighted by atomic mass is 10.1. The molecule has 0 N–H and O–H groups in total. The van der Waals surface area contributed by atoms with Gasteiger partial charge in [-0.1, -0.05) is 37.9 Å². The number of benzene rings is 1. The van der Waals surface area contributed by atoms with Gasteiger partial charge in [-0.3, -0.25) is 0 Å². The van der Waals surface area contributed by atoms with Crippen LogP contribution in [0.1, 0.15) is 37.8 Å². The van der Waals surface area contributed by atoms with Crippen molar-refractivity contribution in [2.45, 2.75) is 33.3 Å². The average Bonchev–Trinajstić information content (AvgIpc) is 2.31. The highest BCUT2D eigenvalue weighted by molar-refractivity contribution is 6.31. The zero-order valence-corrected chi connectivity index (χ0v) is 11.1. The molecular formula is C14H18ClNO. The van der Waals surface area contributed by atoms with Crippen molar-refractivity contribution in [2.24, 2.45) is 5.92 Å². The van der Waals surface area contributed by atoms with E-state index in [0.29, 0.717) is 23.1 Å². The first kappa shape index (κ1) is 14.0. The fourth-order valence-corrected chi connectivity index (χ4v) is 1.92. The van der Waals surface area contributed by atoms with E-state index in [2.05, 4.69) is 19.9 Å². The molecule has 1 aromatic rings. The van der Waals surface area contributed by atoms with Crippen molar-refractivity contribution in [2.75, 3.05) is 6.61 Å². The first-order chi connectivity index (χ1) is 8.17. The summed E-state index contributed by atoms with van der Waals surface area (Å²) < 4.78 is 5.62. The third-order valence-corrected chi connectivity index (χ3v) is 2.98. The maximum Gasteiger partial charge on any atom is 0.0992 e. The predicted octanol–water partition coefficient (Wildman–Crippen LogP) is 4.16. The Morgan fingerprint density at radius 2 is 2.24 bits per heavy atom. The van der Waals surface area contributed by atoms with Crippen LogP contribution in [-0.4, -0.2) is 6.61 Å². The summed E-state index contributed by atoms with van der Waals surface area (Å²) in [5.41, 5.74) is 1.52. The van der Waals surface area contributed by atoms with Crippen LogP contribution >= 0.6 is 11.6 Å². The van der Waals surface area contributed by atoms with Gasteiger partial charge in [-0.05, 0) is 30.0 Å². The molecular weight excluding hydrogens is 234 g/mol. The number of rotatable bonds is 6. The third-order valence-electron chi connectivity index (χ3n) is 2.62. The number of nitriles is 1. The summed E-state index contributed by atoms with van der Waals surface area (Å²) in [5.74, 6) is 0.581. The molecule has 0 fully saturated rings. The van der Waals surface area contributed by atoms with Gasteiger partial charge in [0, 0.05) is 11.6 Å². The molecule has 0 saturated heterocycles. The van der Waals surface area contributed by atoms with Crippen LogP contribution < -0.4 is 0 Å². The maximum absolute atomic E-state index is 8.72. The van der Waals surface area contributed by atoms with Crippen LogP contribution in [0, 0.1) is 17.2 Å². The molecule has 0 spiro atoms. The van der Waals surface area contributed by atoms with E-state index < -0.39 is 0 Å². The summed E-state index contributed by atoms with van der Waals surface area (Å²) >= 11 is 6.05. The molecule has 92 valence electrons. The van der Waals surface area contributed by atoms with E-state index in [1.54, 1.807) is 12.1 Å². The Morgan fingerprint density at radius 1 is 1.47 bits per heavy atom. The normalized spacial score (nSPS) is 12.1. The minimum atomic E-state index is 0.512. The number of halogens is 1. The average molecular weight is 252 g/mol. The summed E-state index contributed by atoms with van der Waals surface area (Å²) in [6, 6.07) is 7.35. The maximum atomic E-state index is 8.72. The van der Waals surface area contributed by atoms with Crippen molar-refractivity contribution >= 4 is 11.6 Å². The molecule has 1 unspecified atom stereocenters. The molecule has 1 rings (SSSR count). The van der Waals surface area contributed by atoms with E-state index >= 15 is 0 Å². The fourth-order valence-electron chi connectivity index (χ4n) is 1.68. The van der Waals surface area contributed by atoms with Crippen LogP contribution in [0.15, 0.2) is 18.2 Å². The van der Waals surface area contributed by atoms with Gasteiger partial charge in [0.25, 0.3) is 0 Å². The van der Waals surface area contributed by atoms with Crippen molar-refractivity contribution in [3.8, 4) is 6.07 Å². The van der Waals surface area contributed by atoms with E-state index in [1.165, 1.54) is 12.8 Å². The molecule has 0 radical (unpaired) electrons. The van der Waals surface area contributed by atoms with Gasteiger partial charge in [-0.2, -0.15) is 5.26 Å². The summed E-state index contributed by atoms with van der Waals surface area (Å²) in [5, 5.41) is 9.32. The Labute approximate surface area is 108 Å². The number of nitrogens with zero attached hydrogens (tertiary/aromatic N) is 1. The fraction of sp³-hybridized carbons (Fsp3) is 0.500. The molecule has 0 heterocycles. The molecule has 1 aromatic carbocycles. The monoisotopic (exact) mass is 251 g/mol. The van der Waals surface area contributed by atoms with Crippen molar-refractivity contribution in [1.82, 2.24) is 0 Å². The molecule has 3 heteroatoms. The molecule has 0 aliphatic heterocycles. The van der Waals surface area contributed by atoms with Gasteiger partial charge in [0.1, 0.15) is 0 Å². The molecule has 1 atom stereocenters. The van der Waals surface area contributed by atoms with E-state index in [9.17, 15) is 0 Å². The van der Waals surface area contributed by atoms with E-state index in [-0.39, 0.29) is 0 Å². The van der Waals surface area contributed by atoms with Gasteiger partial charge < -0.3 is 4.74 Å². The first-order valence-corrected chi connectivity index (χ1v) is 6.31. The molecule has 0 aromatic heterocycles. The van der Waals surface area contributed by atoms with Crippen molar-refractivity contribution in [1.29, 1.82) is 5.26 Å². The highest BCUT2D eigenvalue weighted by atomic mass is 35.5. The summed E-state index contributed by atoms with van der Waals surface area (Å²) in [4.78, 5) is 0. The van der Waals surface area contributed by atoms with E-state index in [4.69, 9.17) is 21.6 Å².